The van der Waals surface area contributed by atoms with Gasteiger partial charge >= 0.3 is 0 Å². The van der Waals surface area contributed by atoms with Gasteiger partial charge in [-0.2, -0.15) is 5.10 Å². The molecule has 1 aromatic rings. The summed E-state index contributed by atoms with van der Waals surface area (Å²) in [4.78, 5) is 20.0. The number of fused-ring (bicyclic) bond motifs is 2. The normalized spacial score (nSPS) is 33.1. The Kier molecular flexibility index (Phi) is 6.44. The number of carbonyl (C=O) groups excluding carboxylic acids is 1. The summed E-state index contributed by atoms with van der Waals surface area (Å²) < 4.78 is 35.9. The van der Waals surface area contributed by atoms with Gasteiger partial charge in [0.25, 0.3) is 12.3 Å². The van der Waals surface area contributed by atoms with Crippen LogP contribution in [0.3, 0.4) is 0 Å². The van der Waals surface area contributed by atoms with Crippen LogP contribution >= 0.6 is 22.6 Å². The number of hydrogen-bond donors (Lipinski definition) is 1. The molecule has 1 aliphatic carbocycles. The van der Waals surface area contributed by atoms with E-state index in [4.69, 9.17) is 9.73 Å². The van der Waals surface area contributed by atoms with Gasteiger partial charge in [0, 0.05) is 23.2 Å². The van der Waals surface area contributed by atoms with Crippen molar-refractivity contribution >= 4 is 46.2 Å². The van der Waals surface area contributed by atoms with E-state index in [2.05, 4.69) is 43.0 Å². The number of rotatable bonds is 5. The van der Waals surface area contributed by atoms with E-state index >= 15 is 0 Å². The van der Waals surface area contributed by atoms with Crippen LogP contribution in [-0.2, 0) is 9.53 Å². The molecule has 1 spiro atoms. The Hall–Kier alpha value is -2.19. The van der Waals surface area contributed by atoms with Gasteiger partial charge in [-0.3, -0.25) is 9.48 Å². The number of alkyl halides is 3. The van der Waals surface area contributed by atoms with Gasteiger partial charge in [0.15, 0.2) is 5.69 Å². The van der Waals surface area contributed by atoms with Crippen LogP contribution in [0.5, 0.6) is 0 Å². The van der Waals surface area contributed by atoms with Crippen molar-refractivity contribution in [2.75, 3.05) is 29.6 Å². The first-order valence-corrected chi connectivity index (χ1v) is 14.0. The summed E-state index contributed by atoms with van der Waals surface area (Å²) in [6, 6.07) is 0.451. The topological polar surface area (TPSA) is 84.1 Å². The van der Waals surface area contributed by atoms with Crippen LogP contribution in [0, 0.1) is 5.92 Å². The van der Waals surface area contributed by atoms with Crippen molar-refractivity contribution in [3.63, 3.8) is 0 Å². The molecular formula is C24H29F2IN7O2+. The molecule has 3 atom stereocenters. The van der Waals surface area contributed by atoms with E-state index in [1.165, 1.54) is 6.21 Å². The first-order valence-electron chi connectivity index (χ1n) is 12.5. The quantitative estimate of drug-likeness (QED) is 0.310. The number of nitrogens with one attached hydrogen (secondary N) is 1. The minimum absolute atomic E-state index is 0.0473. The highest BCUT2D eigenvalue weighted by atomic mass is 127. The third-order valence-corrected chi connectivity index (χ3v) is 9.04. The van der Waals surface area contributed by atoms with Gasteiger partial charge in [0.05, 0.1) is 30.5 Å². The van der Waals surface area contributed by atoms with Gasteiger partial charge in [0.1, 0.15) is 30.0 Å². The lowest BCUT2D eigenvalue weighted by atomic mass is 9.87. The predicted molar refractivity (Wildman–Crippen MR) is 139 cm³/mol. The lowest BCUT2D eigenvalue weighted by Crippen LogP contribution is -2.44. The molecule has 9 nitrogen and oxygen atoms in total. The molecule has 1 amide bonds. The Morgan fingerprint density at radius 2 is 2.11 bits per heavy atom. The molecule has 1 saturated carbocycles. The van der Waals surface area contributed by atoms with Gasteiger partial charge in [-0.25, -0.2) is 13.8 Å². The van der Waals surface area contributed by atoms with Gasteiger partial charge in [-0.05, 0) is 38.0 Å². The highest BCUT2D eigenvalue weighted by molar-refractivity contribution is 14.1. The van der Waals surface area contributed by atoms with Crippen LogP contribution in [0.1, 0.15) is 50.3 Å². The van der Waals surface area contributed by atoms with Crippen molar-refractivity contribution in [2.24, 2.45) is 16.0 Å². The van der Waals surface area contributed by atoms with Crippen molar-refractivity contribution in [1.82, 2.24) is 14.7 Å². The first kappa shape index (κ1) is 24.2. The molecule has 2 bridgehead atoms. The molecule has 2 saturated heterocycles. The summed E-state index contributed by atoms with van der Waals surface area (Å²) in [5.41, 5.74) is -0.0307. The molecular weight excluding hydrogens is 583 g/mol. The molecule has 1 N–H and O–H groups in total. The van der Waals surface area contributed by atoms with E-state index in [-0.39, 0.29) is 22.4 Å². The Morgan fingerprint density at radius 1 is 1.28 bits per heavy atom. The molecule has 1 unspecified atom stereocenters. The van der Waals surface area contributed by atoms with E-state index in [1.807, 2.05) is 12.3 Å². The lowest BCUT2D eigenvalue weighted by Gasteiger charge is -2.31. The summed E-state index contributed by atoms with van der Waals surface area (Å²) in [5.74, 6) is 1.11. The van der Waals surface area contributed by atoms with Crippen LogP contribution in [0.15, 0.2) is 40.3 Å². The highest BCUT2D eigenvalue weighted by Crippen LogP contribution is 2.36. The second-order valence-corrected chi connectivity index (χ2v) is 11.1. The number of aromatic nitrogens is 2. The smallest absolute Gasteiger partial charge is 0.284 e. The van der Waals surface area contributed by atoms with Crippen LogP contribution in [0.4, 0.5) is 14.5 Å². The van der Waals surface area contributed by atoms with Crippen molar-refractivity contribution in [3.05, 3.63) is 35.9 Å². The number of carbonyl (C=O) groups is 1. The molecule has 4 aliphatic heterocycles. The van der Waals surface area contributed by atoms with Crippen LogP contribution in [0.25, 0.3) is 0 Å². The van der Waals surface area contributed by atoms with Crippen LogP contribution in [-0.4, -0.2) is 73.6 Å². The fourth-order valence-electron chi connectivity index (χ4n) is 5.71. The number of nitrogens with zero attached hydrogens (tertiary/aromatic N) is 6. The summed E-state index contributed by atoms with van der Waals surface area (Å²) >= 11 is 2.40. The molecule has 192 valence electrons. The number of ether oxygens (including phenoxy) is 1. The average Bonchev–Trinajstić information content (AvgIpc) is 3.69. The fraction of sp³-hybridized carbons (Fsp3) is 0.583. The number of morpholine rings is 1. The van der Waals surface area contributed by atoms with Crippen molar-refractivity contribution in [1.29, 1.82) is 0 Å². The zero-order valence-electron chi connectivity index (χ0n) is 19.8. The first-order chi connectivity index (χ1) is 17.4. The van der Waals surface area contributed by atoms with Gasteiger partial charge in [0.2, 0.25) is 6.67 Å². The summed E-state index contributed by atoms with van der Waals surface area (Å²) in [6.07, 6.45) is 11.0. The second-order valence-electron chi connectivity index (χ2n) is 10.2. The number of likely N-dealkylation sites (tertiary alicyclic amines) is 1. The summed E-state index contributed by atoms with van der Waals surface area (Å²) in [6.45, 7) is 1.92. The summed E-state index contributed by atoms with van der Waals surface area (Å²) in [5, 5.41) is 11.3. The van der Waals surface area contributed by atoms with Gasteiger partial charge in [-0.15, -0.1) is 4.59 Å². The maximum absolute atomic E-state index is 13.8. The fourth-order valence-corrected chi connectivity index (χ4v) is 6.59. The number of amides is 1. The number of quaternary nitrogens is 1. The Bertz CT molecular complexity index is 1160. The molecule has 0 radical (unpaired) electrons. The number of anilines is 1. The molecule has 3 fully saturated rings. The maximum Gasteiger partial charge on any atom is 0.284 e. The number of amidine groups is 1. The average molecular weight is 612 g/mol. The minimum atomic E-state index is -2.78. The Balaban J connectivity index is 1.13. The standard InChI is InChI=1S/C24H28F2IN7O2/c25-23(26)22-20(11-33(31-22)17-3-1-15(8-27)2-4-17)30-24(35)16-9-29-34(12-16)6-5-21(28-14-34)32-10-19-7-18(32)13-36-19/h5-6,9,11-12,15,17-19,23H,1-4,7-8,10,13-14H2/p+1/t15?,17?,18-,19-,34?/m1/s1. The van der Waals surface area contributed by atoms with E-state index in [0.29, 0.717) is 24.2 Å². The Labute approximate surface area is 221 Å². The third kappa shape index (κ3) is 4.51. The molecule has 0 aromatic carbocycles. The largest absolute Gasteiger partial charge is 0.374 e. The van der Waals surface area contributed by atoms with Gasteiger partial charge < -0.3 is 15.0 Å². The summed E-state index contributed by atoms with van der Waals surface area (Å²) in [7, 11) is 0. The maximum atomic E-state index is 13.8. The van der Waals surface area contributed by atoms with E-state index in [0.717, 1.165) is 55.5 Å². The molecule has 5 aliphatic rings. The monoisotopic (exact) mass is 612 g/mol. The molecule has 5 heterocycles. The third-order valence-electron chi connectivity index (χ3n) is 7.80. The van der Waals surface area contributed by atoms with Crippen molar-refractivity contribution in [2.45, 2.75) is 56.7 Å². The number of hydrogen-bond acceptors (Lipinski definition) is 6. The molecule has 36 heavy (non-hydrogen) atoms. The molecule has 6 rings (SSSR count). The zero-order chi connectivity index (χ0) is 24.9. The van der Waals surface area contributed by atoms with E-state index < -0.39 is 18.0 Å². The van der Waals surface area contributed by atoms with Crippen LogP contribution < -0.4 is 5.32 Å². The molecule has 1 aromatic heterocycles. The Morgan fingerprint density at radius 3 is 2.75 bits per heavy atom. The SMILES string of the molecule is O=C(Nc1cn(C2CCC(CI)CC2)nc1C(F)F)C1=C[N+]2(C=CC(N3C[C@H]4C[C@@H]3CO4)=NC2)N=C1. The number of aliphatic imine (C=N–C) groups is 1. The van der Waals surface area contributed by atoms with Crippen molar-refractivity contribution in [3.8, 4) is 0 Å². The van der Waals surface area contributed by atoms with Crippen LogP contribution in [0.2, 0.25) is 0 Å². The predicted octanol–water partition coefficient (Wildman–Crippen LogP) is 3.98. The van der Waals surface area contributed by atoms with Gasteiger partial charge in [-0.1, -0.05) is 27.7 Å². The van der Waals surface area contributed by atoms with E-state index in [1.54, 1.807) is 17.1 Å². The number of halogens is 3. The highest BCUT2D eigenvalue weighted by Gasteiger charge is 2.42. The second kappa shape index (κ2) is 9.60. The van der Waals surface area contributed by atoms with Crippen molar-refractivity contribution < 1.29 is 22.9 Å². The lowest BCUT2D eigenvalue weighted by molar-refractivity contribution is -0.832. The minimum Gasteiger partial charge on any atom is -0.374 e. The zero-order valence-corrected chi connectivity index (χ0v) is 21.9. The van der Waals surface area contributed by atoms with E-state index in [9.17, 15) is 13.6 Å². The molecule has 12 heteroatoms.